The maximum absolute atomic E-state index is 11.4. The smallest absolute Gasteiger partial charge is 0.0891 e. The molecule has 0 amide bonds. The van der Waals surface area contributed by atoms with Gasteiger partial charge >= 0.3 is 0 Å². The first-order chi connectivity index (χ1) is 15.6. The minimum atomic E-state index is -0.747. The Kier molecular flexibility index (Phi) is 8.96. The summed E-state index contributed by atoms with van der Waals surface area (Å²) >= 11 is 0. The van der Waals surface area contributed by atoms with E-state index in [2.05, 4.69) is 46.6 Å². The van der Waals surface area contributed by atoms with Gasteiger partial charge in [-0.05, 0) is 37.0 Å². The summed E-state index contributed by atoms with van der Waals surface area (Å²) in [5, 5.41) is 15.9. The third-order valence-electron chi connectivity index (χ3n) is 5.73. The summed E-state index contributed by atoms with van der Waals surface area (Å²) in [4.78, 5) is 13.7. The molecule has 3 aromatic rings. The number of aliphatic hydroxyl groups is 1. The zero-order chi connectivity index (χ0) is 22.8. The van der Waals surface area contributed by atoms with Gasteiger partial charge in [-0.3, -0.25) is 9.91 Å². The zero-order valence-electron chi connectivity index (χ0n) is 18.9. The average Bonchev–Trinajstić information content (AvgIpc) is 2.82. The Morgan fingerprint density at radius 1 is 0.750 bits per heavy atom. The lowest BCUT2D eigenvalue weighted by atomic mass is 9.97. The van der Waals surface area contributed by atoms with Gasteiger partial charge in [-0.25, -0.2) is 0 Å². The van der Waals surface area contributed by atoms with Crippen LogP contribution in [0.4, 0.5) is 0 Å². The molecule has 168 valence electrons. The van der Waals surface area contributed by atoms with Crippen LogP contribution in [0.2, 0.25) is 0 Å². The van der Waals surface area contributed by atoms with Crippen molar-refractivity contribution in [3.63, 3.8) is 0 Å². The molecule has 0 aromatic heterocycles. The lowest BCUT2D eigenvalue weighted by molar-refractivity contribution is 0.00943. The predicted octanol–water partition coefficient (Wildman–Crippen LogP) is 5.05. The Morgan fingerprint density at radius 2 is 1.19 bits per heavy atom. The molecule has 3 aromatic carbocycles. The topological polar surface area (TPSA) is 56.1 Å². The van der Waals surface area contributed by atoms with Gasteiger partial charge in [0.2, 0.25) is 0 Å². The molecule has 0 unspecified atom stereocenters. The molecular formula is C27H33N3O2. The molecule has 1 N–H and O–H groups in total. The van der Waals surface area contributed by atoms with Gasteiger partial charge in [0, 0.05) is 25.2 Å². The second-order valence-electron chi connectivity index (χ2n) is 8.50. The number of nitroso groups, excluding NO2 is 1. The number of hydrogen-bond acceptors (Lipinski definition) is 4. The van der Waals surface area contributed by atoms with Gasteiger partial charge in [-0.15, -0.1) is 4.91 Å². The van der Waals surface area contributed by atoms with Crippen molar-refractivity contribution < 1.29 is 5.11 Å². The van der Waals surface area contributed by atoms with Crippen LogP contribution in [-0.4, -0.2) is 39.7 Å². The summed E-state index contributed by atoms with van der Waals surface area (Å²) in [6.07, 6.45) is -0.0744. The molecule has 0 fully saturated rings. The number of rotatable bonds is 12. The van der Waals surface area contributed by atoms with Gasteiger partial charge in [0.05, 0.1) is 17.9 Å². The maximum Gasteiger partial charge on any atom is 0.0891 e. The van der Waals surface area contributed by atoms with Gasteiger partial charge in [0.1, 0.15) is 0 Å². The standard InChI is InChI=1S/C27H33N3O2/c1-22(2)30(28-32)21-27(31)26(18-23-12-6-3-7-13-23)29(19-24-14-8-4-9-15-24)20-25-16-10-5-11-17-25/h3-17,22,26-27,31H,18-21H2,1-2H3/t26-,27+/m0/s1. The molecule has 0 bridgehead atoms. The fourth-order valence-corrected chi connectivity index (χ4v) is 3.94. The van der Waals surface area contributed by atoms with Crippen LogP contribution in [0.25, 0.3) is 0 Å². The molecule has 0 heterocycles. The fourth-order valence-electron chi connectivity index (χ4n) is 3.94. The molecule has 0 radical (unpaired) electrons. The Bertz CT molecular complexity index is 878. The van der Waals surface area contributed by atoms with E-state index in [1.165, 1.54) is 16.1 Å². The van der Waals surface area contributed by atoms with Crippen LogP contribution in [0.1, 0.15) is 30.5 Å². The molecule has 0 saturated heterocycles. The highest BCUT2D eigenvalue weighted by Crippen LogP contribution is 2.21. The first-order valence-electron chi connectivity index (χ1n) is 11.2. The Balaban J connectivity index is 1.93. The largest absolute Gasteiger partial charge is 0.390 e. The van der Waals surface area contributed by atoms with Gasteiger partial charge in [-0.2, -0.15) is 0 Å². The molecule has 2 atom stereocenters. The van der Waals surface area contributed by atoms with Crippen molar-refractivity contribution >= 4 is 0 Å². The number of nitrogens with zero attached hydrogens (tertiary/aromatic N) is 3. The van der Waals surface area contributed by atoms with Crippen molar-refractivity contribution in [3.05, 3.63) is 113 Å². The second kappa shape index (κ2) is 12.1. The average molecular weight is 432 g/mol. The molecule has 3 rings (SSSR count). The van der Waals surface area contributed by atoms with Gasteiger partial charge in [0.15, 0.2) is 0 Å². The maximum atomic E-state index is 11.4. The minimum absolute atomic E-state index is 0.0729. The number of aliphatic hydroxyl groups excluding tert-OH is 1. The van der Waals surface area contributed by atoms with Crippen LogP contribution < -0.4 is 0 Å². The van der Waals surface area contributed by atoms with Crippen molar-refractivity contribution in [2.45, 2.75) is 51.5 Å². The number of hydrogen-bond donors (Lipinski definition) is 1. The second-order valence-corrected chi connectivity index (χ2v) is 8.50. The highest BCUT2D eigenvalue weighted by Gasteiger charge is 2.29. The van der Waals surface area contributed by atoms with E-state index in [0.29, 0.717) is 19.5 Å². The highest BCUT2D eigenvalue weighted by atomic mass is 16.3. The van der Waals surface area contributed by atoms with E-state index < -0.39 is 6.10 Å². The predicted molar refractivity (Wildman–Crippen MR) is 130 cm³/mol. The molecule has 0 aliphatic heterocycles. The van der Waals surface area contributed by atoms with E-state index in [4.69, 9.17) is 0 Å². The first-order valence-corrected chi connectivity index (χ1v) is 11.2. The van der Waals surface area contributed by atoms with Crippen LogP contribution in [0.15, 0.2) is 96.3 Å². The highest BCUT2D eigenvalue weighted by molar-refractivity contribution is 5.20. The summed E-state index contributed by atoms with van der Waals surface area (Å²) in [6.45, 7) is 5.40. The molecule has 0 aliphatic rings. The Hall–Kier alpha value is -3.02. The summed E-state index contributed by atoms with van der Waals surface area (Å²) in [5.74, 6) is 0. The van der Waals surface area contributed by atoms with Gasteiger partial charge in [-0.1, -0.05) is 91.0 Å². The van der Waals surface area contributed by atoms with Crippen molar-refractivity contribution in [3.8, 4) is 0 Å². The summed E-state index contributed by atoms with van der Waals surface area (Å²) in [6, 6.07) is 30.5. The van der Waals surface area contributed by atoms with Crippen molar-refractivity contribution in [2.24, 2.45) is 5.29 Å². The van der Waals surface area contributed by atoms with Crippen LogP contribution in [0, 0.1) is 4.91 Å². The van der Waals surface area contributed by atoms with Crippen molar-refractivity contribution in [1.82, 2.24) is 9.91 Å². The normalized spacial score (nSPS) is 13.2. The lowest BCUT2D eigenvalue weighted by Crippen LogP contribution is -2.49. The molecule has 0 saturated carbocycles. The third kappa shape index (κ3) is 7.01. The van der Waals surface area contributed by atoms with Crippen LogP contribution in [-0.2, 0) is 19.5 Å². The molecule has 0 spiro atoms. The monoisotopic (exact) mass is 431 g/mol. The van der Waals surface area contributed by atoms with E-state index in [0.717, 1.165) is 5.56 Å². The van der Waals surface area contributed by atoms with E-state index >= 15 is 0 Å². The quantitative estimate of drug-likeness (QED) is 0.322. The van der Waals surface area contributed by atoms with Crippen molar-refractivity contribution in [1.29, 1.82) is 0 Å². The van der Waals surface area contributed by atoms with Crippen LogP contribution in [0.3, 0.4) is 0 Å². The van der Waals surface area contributed by atoms with E-state index in [-0.39, 0.29) is 18.6 Å². The summed E-state index contributed by atoms with van der Waals surface area (Å²) in [5.41, 5.74) is 3.52. The molecule has 0 aliphatic carbocycles. The van der Waals surface area contributed by atoms with Crippen LogP contribution >= 0.6 is 0 Å². The Morgan fingerprint density at radius 3 is 1.59 bits per heavy atom. The zero-order valence-corrected chi connectivity index (χ0v) is 18.9. The van der Waals surface area contributed by atoms with E-state index in [1.807, 2.05) is 68.4 Å². The number of benzene rings is 3. The molecule has 32 heavy (non-hydrogen) atoms. The van der Waals surface area contributed by atoms with E-state index in [1.54, 1.807) is 0 Å². The fraction of sp³-hybridized carbons (Fsp3) is 0.333. The molecule has 5 heteroatoms. The summed E-state index contributed by atoms with van der Waals surface area (Å²) in [7, 11) is 0. The molecular weight excluding hydrogens is 398 g/mol. The van der Waals surface area contributed by atoms with Gasteiger partial charge in [0.25, 0.3) is 0 Å². The Labute approximate surface area is 191 Å². The van der Waals surface area contributed by atoms with Crippen LogP contribution in [0.5, 0.6) is 0 Å². The van der Waals surface area contributed by atoms with E-state index in [9.17, 15) is 10.0 Å². The van der Waals surface area contributed by atoms with Crippen molar-refractivity contribution in [2.75, 3.05) is 6.54 Å². The first kappa shape index (κ1) is 23.6. The third-order valence-corrected chi connectivity index (χ3v) is 5.73. The minimum Gasteiger partial charge on any atom is -0.390 e. The summed E-state index contributed by atoms with van der Waals surface area (Å²) < 4.78 is 0. The van der Waals surface area contributed by atoms with Gasteiger partial charge < -0.3 is 5.11 Å². The SMILES string of the molecule is CC(C)N(C[C@@H](O)[C@H](Cc1ccccc1)N(Cc1ccccc1)Cc1ccccc1)N=O. The lowest BCUT2D eigenvalue weighted by Gasteiger charge is -2.37. The molecule has 5 nitrogen and oxygen atoms in total.